The van der Waals surface area contributed by atoms with Gasteiger partial charge in [0.2, 0.25) is 0 Å². The molecule has 0 N–H and O–H groups in total. The van der Waals surface area contributed by atoms with Gasteiger partial charge in [0.15, 0.2) is 12.0 Å². The number of hydrogen-bond acceptors (Lipinski definition) is 5. The van der Waals surface area contributed by atoms with E-state index in [0.717, 1.165) is 6.42 Å². The second-order valence-electron chi connectivity index (χ2n) is 2.95. The quantitative estimate of drug-likeness (QED) is 0.680. The summed E-state index contributed by atoms with van der Waals surface area (Å²) < 4.78 is 4.93. The van der Waals surface area contributed by atoms with E-state index < -0.39 is 6.09 Å². The minimum Gasteiger partial charge on any atom is -0.448 e. The van der Waals surface area contributed by atoms with Gasteiger partial charge in [-0.1, -0.05) is 6.92 Å². The van der Waals surface area contributed by atoms with E-state index in [1.807, 2.05) is 6.92 Å². The molecule has 0 bridgehead atoms. The molecule has 1 unspecified atom stereocenters. The van der Waals surface area contributed by atoms with Gasteiger partial charge in [0.05, 0.1) is 6.61 Å². The molecule has 1 rings (SSSR count). The van der Waals surface area contributed by atoms with Crippen LogP contribution in [-0.2, 0) is 4.74 Å². The van der Waals surface area contributed by atoms with E-state index in [1.54, 1.807) is 13.8 Å². The first-order valence-electron chi connectivity index (χ1n) is 4.57. The Labute approximate surface area is 82.6 Å². The van der Waals surface area contributed by atoms with Crippen molar-refractivity contribution in [2.45, 2.75) is 33.4 Å². The van der Waals surface area contributed by atoms with Gasteiger partial charge in [0.1, 0.15) is 0 Å². The number of ether oxygens (including phenoxy) is 1. The Morgan fingerprint density at radius 2 is 2.36 bits per heavy atom. The Hall–Kier alpha value is -1.46. The van der Waals surface area contributed by atoms with Crippen LogP contribution in [0.5, 0.6) is 0 Å². The van der Waals surface area contributed by atoms with Gasteiger partial charge in [-0.3, -0.25) is 0 Å². The van der Waals surface area contributed by atoms with Gasteiger partial charge >= 0.3 is 6.09 Å². The highest BCUT2D eigenvalue weighted by molar-refractivity contribution is 5.82. The third-order valence-electron chi connectivity index (χ3n) is 1.59. The minimum absolute atomic E-state index is 0.386. The molecule has 1 aliphatic heterocycles. The van der Waals surface area contributed by atoms with Gasteiger partial charge in [-0.25, -0.2) is 4.79 Å². The van der Waals surface area contributed by atoms with E-state index in [0.29, 0.717) is 12.4 Å². The fraction of sp³-hybridized carbons (Fsp3) is 0.750. The number of amides is 1. The molecule has 6 heteroatoms. The van der Waals surface area contributed by atoms with Gasteiger partial charge in [0.25, 0.3) is 0 Å². The van der Waals surface area contributed by atoms with E-state index in [4.69, 9.17) is 4.74 Å². The lowest BCUT2D eigenvalue weighted by atomic mass is 10.5. The molecule has 0 saturated carbocycles. The van der Waals surface area contributed by atoms with E-state index in [2.05, 4.69) is 15.3 Å². The second-order valence-corrected chi connectivity index (χ2v) is 2.95. The Morgan fingerprint density at radius 3 is 3.00 bits per heavy atom. The number of carbonyl (C=O) groups is 1. The van der Waals surface area contributed by atoms with Gasteiger partial charge < -0.3 is 4.74 Å². The first kappa shape index (κ1) is 10.6. The smallest absolute Gasteiger partial charge is 0.432 e. The maximum atomic E-state index is 11.4. The number of nitrogens with zero attached hydrogens (tertiary/aromatic N) is 4. The Morgan fingerprint density at radius 1 is 1.64 bits per heavy atom. The van der Waals surface area contributed by atoms with Crippen LogP contribution in [0.4, 0.5) is 4.79 Å². The maximum Gasteiger partial charge on any atom is 0.432 e. The van der Waals surface area contributed by atoms with Crippen molar-refractivity contribution in [3.8, 4) is 0 Å². The zero-order valence-electron chi connectivity index (χ0n) is 8.60. The molecule has 0 aromatic heterocycles. The van der Waals surface area contributed by atoms with Gasteiger partial charge in [-0.15, -0.1) is 10.2 Å². The number of hydrazone groups is 1. The lowest BCUT2D eigenvalue weighted by Gasteiger charge is -2.22. The van der Waals surface area contributed by atoms with Crippen molar-refractivity contribution in [1.82, 2.24) is 5.01 Å². The van der Waals surface area contributed by atoms with Crippen molar-refractivity contribution in [3.05, 3.63) is 0 Å². The van der Waals surface area contributed by atoms with E-state index in [1.165, 1.54) is 5.01 Å². The third-order valence-corrected chi connectivity index (χ3v) is 1.59. The van der Waals surface area contributed by atoms with Gasteiger partial charge in [-0.2, -0.15) is 10.1 Å². The van der Waals surface area contributed by atoms with Crippen LogP contribution in [0.1, 0.15) is 27.2 Å². The summed E-state index contributed by atoms with van der Waals surface area (Å²) in [7, 11) is 0. The highest BCUT2D eigenvalue weighted by Gasteiger charge is 2.23. The summed E-state index contributed by atoms with van der Waals surface area (Å²) in [5, 5.41) is 12.7. The molecular weight excluding hydrogens is 184 g/mol. The van der Waals surface area contributed by atoms with Crippen LogP contribution in [-0.4, -0.2) is 29.7 Å². The van der Waals surface area contributed by atoms with Crippen LogP contribution in [0, 0.1) is 0 Å². The first-order valence-corrected chi connectivity index (χ1v) is 4.57. The fourth-order valence-electron chi connectivity index (χ4n) is 0.924. The molecule has 0 radical (unpaired) electrons. The van der Waals surface area contributed by atoms with Crippen molar-refractivity contribution in [2.75, 3.05) is 6.61 Å². The lowest BCUT2D eigenvalue weighted by Crippen LogP contribution is -2.36. The molecule has 78 valence electrons. The summed E-state index contributed by atoms with van der Waals surface area (Å²) in [4.78, 5) is 11.4. The zero-order chi connectivity index (χ0) is 10.6. The molecule has 14 heavy (non-hydrogen) atoms. The Kier molecular flexibility index (Phi) is 3.55. The van der Waals surface area contributed by atoms with Crippen LogP contribution < -0.4 is 0 Å². The van der Waals surface area contributed by atoms with Crippen molar-refractivity contribution in [1.29, 1.82) is 0 Å². The number of amidine groups is 1. The molecule has 1 atom stereocenters. The van der Waals surface area contributed by atoms with E-state index in [9.17, 15) is 4.79 Å². The number of hydrogen-bond donors (Lipinski definition) is 0. The maximum absolute atomic E-state index is 11.4. The molecule has 0 aromatic carbocycles. The van der Waals surface area contributed by atoms with Crippen molar-refractivity contribution in [3.63, 3.8) is 0 Å². The average Bonchev–Trinajstić information content (AvgIpc) is 2.18. The summed E-state index contributed by atoms with van der Waals surface area (Å²) in [6.45, 7) is 5.73. The topological polar surface area (TPSA) is 66.6 Å². The zero-order valence-corrected chi connectivity index (χ0v) is 8.60. The molecule has 0 saturated heterocycles. The minimum atomic E-state index is -0.475. The van der Waals surface area contributed by atoms with E-state index in [-0.39, 0.29) is 6.17 Å². The molecular formula is C8H14N4O2. The summed E-state index contributed by atoms with van der Waals surface area (Å²) in [5.41, 5.74) is 0. The summed E-state index contributed by atoms with van der Waals surface area (Å²) in [6, 6.07) is 0. The summed E-state index contributed by atoms with van der Waals surface area (Å²) >= 11 is 0. The molecule has 1 aliphatic rings. The van der Waals surface area contributed by atoms with Crippen LogP contribution in [0.15, 0.2) is 15.3 Å². The predicted octanol–water partition coefficient (Wildman–Crippen LogP) is 1.98. The van der Waals surface area contributed by atoms with E-state index >= 15 is 0 Å². The SMILES string of the molecule is CCCOC(=O)N1N=C(C)N=NC1C. The second kappa shape index (κ2) is 4.69. The summed E-state index contributed by atoms with van der Waals surface area (Å²) in [5.74, 6) is 0.455. The first-order chi connectivity index (χ1) is 6.65. The highest BCUT2D eigenvalue weighted by Crippen LogP contribution is 2.10. The molecule has 1 heterocycles. The standard InChI is InChI=1S/C8H14N4O2/c1-4-5-14-8(13)12-7(3)10-9-6(2)11-12/h7H,4-5H2,1-3H3. The fourth-order valence-corrected chi connectivity index (χ4v) is 0.924. The Bertz CT molecular complexity index is 275. The van der Waals surface area contributed by atoms with Crippen molar-refractivity contribution in [2.24, 2.45) is 15.3 Å². The van der Waals surface area contributed by atoms with Crippen LogP contribution in [0.25, 0.3) is 0 Å². The number of rotatable bonds is 2. The van der Waals surface area contributed by atoms with Gasteiger partial charge in [0, 0.05) is 0 Å². The third kappa shape index (κ3) is 2.51. The Balaban J connectivity index is 2.58. The summed E-state index contributed by atoms with van der Waals surface area (Å²) in [6.07, 6.45) is -0.0709. The van der Waals surface area contributed by atoms with Crippen LogP contribution in [0.3, 0.4) is 0 Å². The van der Waals surface area contributed by atoms with Crippen LogP contribution >= 0.6 is 0 Å². The molecule has 0 aromatic rings. The highest BCUT2D eigenvalue weighted by atomic mass is 16.6. The largest absolute Gasteiger partial charge is 0.448 e. The lowest BCUT2D eigenvalue weighted by molar-refractivity contribution is 0.0887. The number of azo groups is 1. The average molecular weight is 198 g/mol. The monoisotopic (exact) mass is 198 g/mol. The van der Waals surface area contributed by atoms with Crippen molar-refractivity contribution >= 4 is 11.9 Å². The predicted molar refractivity (Wildman–Crippen MR) is 50.9 cm³/mol. The molecule has 1 amide bonds. The molecule has 0 fully saturated rings. The molecule has 0 aliphatic carbocycles. The normalized spacial score (nSPS) is 20.6. The van der Waals surface area contributed by atoms with Crippen molar-refractivity contribution < 1.29 is 9.53 Å². The van der Waals surface area contributed by atoms with Crippen LogP contribution in [0.2, 0.25) is 0 Å². The molecule has 0 spiro atoms. The van der Waals surface area contributed by atoms with Gasteiger partial charge in [-0.05, 0) is 20.3 Å². The number of carbonyl (C=O) groups excluding carboxylic acids is 1. The molecule has 6 nitrogen and oxygen atoms in total.